The SMILES string of the molecule is Cc1ccc(-c2ccc(C(C)(C)N)c(C)n2)cc1C. The number of hydrogen-bond donors (Lipinski definition) is 1. The molecule has 0 fully saturated rings. The molecule has 0 atom stereocenters. The van der Waals surface area contributed by atoms with E-state index in [2.05, 4.69) is 44.2 Å². The van der Waals surface area contributed by atoms with Gasteiger partial charge >= 0.3 is 0 Å². The van der Waals surface area contributed by atoms with Gasteiger partial charge in [0, 0.05) is 16.8 Å². The van der Waals surface area contributed by atoms with E-state index in [0.29, 0.717) is 0 Å². The van der Waals surface area contributed by atoms with E-state index in [1.165, 1.54) is 11.1 Å². The van der Waals surface area contributed by atoms with Crippen LogP contribution >= 0.6 is 0 Å². The van der Waals surface area contributed by atoms with E-state index in [9.17, 15) is 0 Å². The third-order valence-corrected chi connectivity index (χ3v) is 3.58. The van der Waals surface area contributed by atoms with Crippen LogP contribution in [0.3, 0.4) is 0 Å². The minimum atomic E-state index is -0.348. The first kappa shape index (κ1) is 13.8. The molecule has 0 radical (unpaired) electrons. The van der Waals surface area contributed by atoms with Crippen molar-refractivity contribution in [2.45, 2.75) is 40.2 Å². The molecule has 0 saturated carbocycles. The summed E-state index contributed by atoms with van der Waals surface area (Å²) in [6, 6.07) is 10.6. The second-order valence-corrected chi connectivity index (χ2v) is 5.85. The fourth-order valence-corrected chi connectivity index (χ4v) is 2.30. The summed E-state index contributed by atoms with van der Waals surface area (Å²) in [6.07, 6.45) is 0. The average molecular weight is 254 g/mol. The van der Waals surface area contributed by atoms with Crippen molar-refractivity contribution >= 4 is 0 Å². The van der Waals surface area contributed by atoms with Gasteiger partial charge in [0.15, 0.2) is 0 Å². The van der Waals surface area contributed by atoms with Crippen LogP contribution in [0.2, 0.25) is 0 Å². The van der Waals surface area contributed by atoms with Gasteiger partial charge in [-0.15, -0.1) is 0 Å². The molecule has 0 saturated heterocycles. The van der Waals surface area contributed by atoms with Crippen LogP contribution in [0, 0.1) is 20.8 Å². The summed E-state index contributed by atoms with van der Waals surface area (Å²) < 4.78 is 0. The molecular formula is C17H22N2. The third-order valence-electron chi connectivity index (χ3n) is 3.58. The Hall–Kier alpha value is -1.67. The van der Waals surface area contributed by atoms with Crippen LogP contribution in [0.4, 0.5) is 0 Å². The zero-order valence-corrected chi connectivity index (χ0v) is 12.4. The molecule has 2 N–H and O–H groups in total. The van der Waals surface area contributed by atoms with Crippen LogP contribution < -0.4 is 5.73 Å². The second-order valence-electron chi connectivity index (χ2n) is 5.85. The second kappa shape index (κ2) is 4.78. The maximum atomic E-state index is 6.15. The highest BCUT2D eigenvalue weighted by Crippen LogP contribution is 2.25. The molecule has 1 aromatic carbocycles. The number of hydrogen-bond acceptors (Lipinski definition) is 2. The standard InChI is InChI=1S/C17H22N2/c1-11-6-7-14(10-12(11)2)16-9-8-15(13(3)19-16)17(4,5)18/h6-10H,18H2,1-5H3. The van der Waals surface area contributed by atoms with Gasteiger partial charge in [-0.3, -0.25) is 4.98 Å². The van der Waals surface area contributed by atoms with Crippen molar-refractivity contribution in [2.24, 2.45) is 5.73 Å². The molecule has 0 aliphatic heterocycles. The molecule has 0 aliphatic carbocycles. The molecule has 2 aromatic rings. The van der Waals surface area contributed by atoms with Crippen molar-refractivity contribution < 1.29 is 0 Å². The lowest BCUT2D eigenvalue weighted by molar-refractivity contribution is 0.548. The average Bonchev–Trinajstić information content (AvgIpc) is 2.31. The Kier molecular flexibility index (Phi) is 3.46. The molecule has 100 valence electrons. The minimum Gasteiger partial charge on any atom is -0.322 e. The minimum absolute atomic E-state index is 0.348. The van der Waals surface area contributed by atoms with E-state index in [0.717, 1.165) is 22.5 Å². The first-order valence-corrected chi connectivity index (χ1v) is 6.63. The summed E-state index contributed by atoms with van der Waals surface area (Å²) in [5.41, 5.74) is 12.7. The van der Waals surface area contributed by atoms with Crippen LogP contribution in [0.5, 0.6) is 0 Å². The van der Waals surface area contributed by atoms with Gasteiger partial charge in [0.1, 0.15) is 0 Å². The predicted molar refractivity (Wildman–Crippen MR) is 81.1 cm³/mol. The Bertz CT molecular complexity index is 607. The monoisotopic (exact) mass is 254 g/mol. The third kappa shape index (κ3) is 2.85. The lowest BCUT2D eigenvalue weighted by atomic mass is 9.93. The van der Waals surface area contributed by atoms with E-state index in [4.69, 9.17) is 10.7 Å². The van der Waals surface area contributed by atoms with Crippen LogP contribution in [0.25, 0.3) is 11.3 Å². The smallest absolute Gasteiger partial charge is 0.0705 e. The van der Waals surface area contributed by atoms with Gasteiger partial charge in [0.25, 0.3) is 0 Å². The molecule has 0 aliphatic rings. The van der Waals surface area contributed by atoms with Gasteiger partial charge in [-0.25, -0.2) is 0 Å². The first-order chi connectivity index (χ1) is 8.79. The van der Waals surface area contributed by atoms with Crippen molar-refractivity contribution in [3.05, 3.63) is 52.7 Å². The van der Waals surface area contributed by atoms with Crippen LogP contribution in [-0.2, 0) is 5.54 Å². The first-order valence-electron chi connectivity index (χ1n) is 6.63. The van der Waals surface area contributed by atoms with E-state index >= 15 is 0 Å². The molecular weight excluding hydrogens is 232 g/mol. The summed E-state index contributed by atoms with van der Waals surface area (Å²) in [5.74, 6) is 0. The number of pyridine rings is 1. The predicted octanol–water partition coefficient (Wildman–Crippen LogP) is 3.87. The maximum absolute atomic E-state index is 6.15. The van der Waals surface area contributed by atoms with Crippen LogP contribution in [-0.4, -0.2) is 4.98 Å². The number of aryl methyl sites for hydroxylation is 3. The summed E-state index contributed by atoms with van der Waals surface area (Å²) in [6.45, 7) is 10.3. The van der Waals surface area contributed by atoms with Gasteiger partial charge < -0.3 is 5.73 Å². The van der Waals surface area contributed by atoms with Gasteiger partial charge in [-0.05, 0) is 63.4 Å². The number of nitrogens with zero attached hydrogens (tertiary/aromatic N) is 1. The Morgan fingerprint density at radius 3 is 2.16 bits per heavy atom. The zero-order chi connectivity index (χ0) is 14.2. The van der Waals surface area contributed by atoms with Crippen molar-refractivity contribution in [1.82, 2.24) is 4.98 Å². The fourth-order valence-electron chi connectivity index (χ4n) is 2.30. The van der Waals surface area contributed by atoms with Gasteiger partial charge in [-0.1, -0.05) is 18.2 Å². The van der Waals surface area contributed by atoms with Crippen molar-refractivity contribution in [3.8, 4) is 11.3 Å². The molecule has 1 heterocycles. The molecule has 2 heteroatoms. The largest absolute Gasteiger partial charge is 0.322 e. The lowest BCUT2D eigenvalue weighted by Crippen LogP contribution is -2.29. The molecule has 19 heavy (non-hydrogen) atoms. The molecule has 0 bridgehead atoms. The van der Waals surface area contributed by atoms with Gasteiger partial charge in [-0.2, -0.15) is 0 Å². The van der Waals surface area contributed by atoms with E-state index in [-0.39, 0.29) is 5.54 Å². The number of rotatable bonds is 2. The molecule has 0 spiro atoms. The van der Waals surface area contributed by atoms with Gasteiger partial charge in [0.05, 0.1) is 5.69 Å². The quantitative estimate of drug-likeness (QED) is 0.883. The van der Waals surface area contributed by atoms with Crippen molar-refractivity contribution in [1.29, 1.82) is 0 Å². The summed E-state index contributed by atoms with van der Waals surface area (Å²) in [7, 11) is 0. The number of aromatic nitrogens is 1. The molecule has 2 nitrogen and oxygen atoms in total. The summed E-state index contributed by atoms with van der Waals surface area (Å²) >= 11 is 0. The number of benzene rings is 1. The Balaban J connectivity index is 2.47. The summed E-state index contributed by atoms with van der Waals surface area (Å²) in [5, 5.41) is 0. The van der Waals surface area contributed by atoms with Gasteiger partial charge in [0.2, 0.25) is 0 Å². The fraction of sp³-hybridized carbons (Fsp3) is 0.353. The van der Waals surface area contributed by atoms with Crippen molar-refractivity contribution in [2.75, 3.05) is 0 Å². The Morgan fingerprint density at radius 1 is 0.947 bits per heavy atom. The van der Waals surface area contributed by atoms with Crippen molar-refractivity contribution in [3.63, 3.8) is 0 Å². The summed E-state index contributed by atoms with van der Waals surface area (Å²) in [4.78, 5) is 4.70. The number of nitrogens with two attached hydrogens (primary N) is 1. The van der Waals surface area contributed by atoms with Crippen LogP contribution in [0.1, 0.15) is 36.2 Å². The molecule has 0 unspecified atom stereocenters. The highest BCUT2D eigenvalue weighted by molar-refractivity contribution is 5.61. The normalized spacial score (nSPS) is 11.7. The Morgan fingerprint density at radius 2 is 1.63 bits per heavy atom. The topological polar surface area (TPSA) is 38.9 Å². The molecule has 1 aromatic heterocycles. The molecule has 0 amide bonds. The lowest BCUT2D eigenvalue weighted by Gasteiger charge is -2.21. The van der Waals surface area contributed by atoms with E-state index in [1.807, 2.05) is 20.8 Å². The Labute approximate surface area is 115 Å². The highest BCUT2D eigenvalue weighted by Gasteiger charge is 2.17. The van der Waals surface area contributed by atoms with E-state index < -0.39 is 0 Å². The molecule has 2 rings (SSSR count). The maximum Gasteiger partial charge on any atom is 0.0705 e. The zero-order valence-electron chi connectivity index (χ0n) is 12.4. The van der Waals surface area contributed by atoms with Crippen LogP contribution in [0.15, 0.2) is 30.3 Å². The van der Waals surface area contributed by atoms with E-state index in [1.54, 1.807) is 0 Å². The highest BCUT2D eigenvalue weighted by atomic mass is 14.8.